The van der Waals surface area contributed by atoms with Crippen LogP contribution in [0.1, 0.15) is 19.8 Å². The van der Waals surface area contributed by atoms with Gasteiger partial charge in [0.2, 0.25) is 0 Å². The number of unbranched alkanes of at least 4 members (excludes halogenated alkanes) is 1. The minimum absolute atomic E-state index is 0.0686. The summed E-state index contributed by atoms with van der Waals surface area (Å²) in [7, 11) is -1.41. The van der Waals surface area contributed by atoms with Crippen LogP contribution >= 0.6 is 0 Å². The maximum Gasteiger partial charge on any atom is 0.109 e. The van der Waals surface area contributed by atoms with Crippen LogP contribution in [0.25, 0.3) is 0 Å². The molecule has 0 bridgehead atoms. The van der Waals surface area contributed by atoms with E-state index in [0.29, 0.717) is 5.54 Å². The van der Waals surface area contributed by atoms with E-state index in [2.05, 4.69) is 20.0 Å². The molecule has 2 fully saturated rings. The van der Waals surface area contributed by atoms with Gasteiger partial charge >= 0.3 is 0 Å². The maximum absolute atomic E-state index is 10.1. The lowest BCUT2D eigenvalue weighted by molar-refractivity contribution is -0.152. The Morgan fingerprint density at radius 2 is 1.83 bits per heavy atom. The van der Waals surface area contributed by atoms with Crippen LogP contribution in [-0.4, -0.2) is 54.4 Å². The summed E-state index contributed by atoms with van der Waals surface area (Å²) in [6.45, 7) is 6.68. The van der Waals surface area contributed by atoms with Gasteiger partial charge in [0.25, 0.3) is 0 Å². The zero-order chi connectivity index (χ0) is 13.5. The van der Waals surface area contributed by atoms with Crippen LogP contribution in [0.15, 0.2) is 0 Å². The normalized spacial score (nSPS) is 43.7. The summed E-state index contributed by atoms with van der Waals surface area (Å²) in [6.07, 6.45) is 0.235. The number of fused-ring (bicyclic) bond motifs is 1. The number of hydrogen-bond acceptors (Lipinski definition) is 4. The fourth-order valence-electron chi connectivity index (χ4n) is 3.53. The van der Waals surface area contributed by atoms with Gasteiger partial charge in [-0.05, 0) is 5.54 Å². The highest BCUT2D eigenvalue weighted by Crippen LogP contribution is 2.60. The molecular weight excluding hydrogens is 248 g/mol. The first-order chi connectivity index (χ1) is 8.44. The van der Waals surface area contributed by atoms with Gasteiger partial charge in [0, 0.05) is 5.92 Å². The number of aliphatic hydroxyl groups excluding tert-OH is 3. The molecule has 6 unspecified atom stereocenters. The summed E-state index contributed by atoms with van der Waals surface area (Å²) in [5, 5.41) is 29.2. The van der Waals surface area contributed by atoms with Crippen LogP contribution in [0.4, 0.5) is 0 Å². The first-order valence-electron chi connectivity index (χ1n) is 7.06. The van der Waals surface area contributed by atoms with E-state index in [9.17, 15) is 10.2 Å². The molecule has 0 radical (unpaired) electrons. The van der Waals surface area contributed by atoms with E-state index in [1.54, 1.807) is 0 Å². The summed E-state index contributed by atoms with van der Waals surface area (Å²) in [4.78, 5) is 0. The van der Waals surface area contributed by atoms with E-state index in [4.69, 9.17) is 9.84 Å². The van der Waals surface area contributed by atoms with E-state index < -0.39 is 26.4 Å². The number of ether oxygens (including phenoxy) is 1. The van der Waals surface area contributed by atoms with Crippen LogP contribution in [-0.2, 0) is 4.74 Å². The van der Waals surface area contributed by atoms with Crippen molar-refractivity contribution in [3.8, 4) is 0 Å². The molecule has 2 aliphatic rings. The molecule has 1 aliphatic carbocycles. The first kappa shape index (κ1) is 14.5. The van der Waals surface area contributed by atoms with Gasteiger partial charge in [0.05, 0.1) is 26.9 Å². The van der Waals surface area contributed by atoms with Crippen LogP contribution < -0.4 is 0 Å². The molecule has 1 saturated carbocycles. The summed E-state index contributed by atoms with van der Waals surface area (Å²) in [6, 6.07) is 1.25. The Bertz CT molecular complexity index is 297. The Morgan fingerprint density at radius 3 is 2.39 bits per heavy atom. The van der Waals surface area contributed by atoms with Crippen molar-refractivity contribution in [1.82, 2.24) is 0 Å². The minimum Gasteiger partial charge on any atom is -0.394 e. The van der Waals surface area contributed by atoms with Crippen LogP contribution in [0.3, 0.4) is 0 Å². The highest BCUT2D eigenvalue weighted by atomic mass is 28.3. The predicted octanol–water partition coefficient (Wildman–Crippen LogP) is 0.976. The van der Waals surface area contributed by atoms with Crippen molar-refractivity contribution >= 4 is 8.07 Å². The third-order valence-electron chi connectivity index (χ3n) is 4.72. The largest absolute Gasteiger partial charge is 0.394 e. The first-order valence-corrected chi connectivity index (χ1v) is 10.3. The van der Waals surface area contributed by atoms with Gasteiger partial charge in [-0.15, -0.1) is 0 Å². The quantitative estimate of drug-likeness (QED) is 0.654. The third kappa shape index (κ3) is 2.39. The Labute approximate surface area is 110 Å². The number of hydrogen-bond donors (Lipinski definition) is 3. The molecule has 1 aliphatic heterocycles. The zero-order valence-electron chi connectivity index (χ0n) is 11.5. The molecule has 4 nitrogen and oxygen atoms in total. The van der Waals surface area contributed by atoms with E-state index in [-0.39, 0.29) is 18.6 Å². The monoisotopic (exact) mass is 274 g/mol. The van der Waals surface area contributed by atoms with Crippen molar-refractivity contribution in [2.24, 2.45) is 5.92 Å². The second-order valence-corrected chi connectivity index (χ2v) is 11.6. The summed E-state index contributed by atoms with van der Waals surface area (Å²) in [5.74, 6) is 0.0984. The number of aliphatic hydroxyl groups is 3. The smallest absolute Gasteiger partial charge is 0.109 e. The maximum atomic E-state index is 10.1. The third-order valence-corrected chi connectivity index (χ3v) is 8.88. The molecule has 6 atom stereocenters. The molecule has 3 N–H and O–H groups in total. The van der Waals surface area contributed by atoms with Crippen molar-refractivity contribution in [2.45, 2.75) is 68.9 Å². The van der Waals surface area contributed by atoms with Gasteiger partial charge in [-0.25, -0.2) is 0 Å². The van der Waals surface area contributed by atoms with E-state index in [0.717, 1.165) is 0 Å². The minimum atomic E-state index is -1.41. The van der Waals surface area contributed by atoms with Gasteiger partial charge in [0.15, 0.2) is 0 Å². The summed E-state index contributed by atoms with van der Waals surface area (Å²) < 4.78 is 5.75. The summed E-state index contributed by atoms with van der Waals surface area (Å²) in [5.41, 5.74) is 0.435. The Balaban J connectivity index is 2.03. The van der Waals surface area contributed by atoms with Gasteiger partial charge in [-0.2, -0.15) is 0 Å². The van der Waals surface area contributed by atoms with Crippen molar-refractivity contribution in [2.75, 3.05) is 6.61 Å². The van der Waals surface area contributed by atoms with Gasteiger partial charge in [-0.3, -0.25) is 0 Å². The molecule has 0 spiro atoms. The molecular formula is C13H26O4Si. The van der Waals surface area contributed by atoms with Gasteiger partial charge in [-0.1, -0.05) is 38.9 Å². The van der Waals surface area contributed by atoms with Crippen molar-refractivity contribution in [3.05, 3.63) is 0 Å². The molecule has 0 aromatic rings. The average Bonchev–Trinajstić information content (AvgIpc) is 3.06. The standard InChI is InChI=1S/C13H26O4Si/c1-4-5-6-18(2,3)13-9-11(16)10(15)8(7-14)17-12(9)13/h8-16H,4-7H2,1-3H3. The summed E-state index contributed by atoms with van der Waals surface area (Å²) >= 11 is 0. The lowest BCUT2D eigenvalue weighted by Crippen LogP contribution is -2.47. The van der Waals surface area contributed by atoms with E-state index in [1.807, 2.05) is 0 Å². The molecule has 106 valence electrons. The molecule has 5 heteroatoms. The average molecular weight is 274 g/mol. The topological polar surface area (TPSA) is 69.9 Å². The lowest BCUT2D eigenvalue weighted by Gasteiger charge is -2.30. The Kier molecular flexibility index (Phi) is 4.19. The van der Waals surface area contributed by atoms with E-state index >= 15 is 0 Å². The van der Waals surface area contributed by atoms with Gasteiger partial charge < -0.3 is 20.1 Å². The van der Waals surface area contributed by atoms with Gasteiger partial charge in [0.1, 0.15) is 12.2 Å². The second-order valence-electron chi connectivity index (χ2n) is 6.50. The Hall–Kier alpha value is 0.0569. The highest BCUT2D eigenvalue weighted by molar-refractivity contribution is 6.79. The molecule has 1 saturated heterocycles. The fourth-order valence-corrected chi connectivity index (χ4v) is 7.64. The highest BCUT2D eigenvalue weighted by Gasteiger charge is 2.66. The SMILES string of the molecule is CCCC[Si](C)(C)C1C2OC(CO)C(O)C(O)C21. The fraction of sp³-hybridized carbons (Fsp3) is 1.00. The second kappa shape index (κ2) is 5.21. The van der Waals surface area contributed by atoms with Crippen LogP contribution in [0.2, 0.25) is 24.7 Å². The van der Waals surface area contributed by atoms with E-state index in [1.165, 1.54) is 18.9 Å². The van der Waals surface area contributed by atoms with Crippen molar-refractivity contribution in [1.29, 1.82) is 0 Å². The van der Waals surface area contributed by atoms with Crippen molar-refractivity contribution in [3.63, 3.8) is 0 Å². The van der Waals surface area contributed by atoms with Crippen LogP contribution in [0.5, 0.6) is 0 Å². The lowest BCUT2D eigenvalue weighted by atomic mass is 10.0. The predicted molar refractivity (Wildman–Crippen MR) is 72.2 cm³/mol. The molecule has 18 heavy (non-hydrogen) atoms. The Morgan fingerprint density at radius 1 is 1.17 bits per heavy atom. The van der Waals surface area contributed by atoms with Crippen molar-refractivity contribution < 1.29 is 20.1 Å². The molecule has 0 aromatic carbocycles. The molecule has 2 rings (SSSR count). The zero-order valence-corrected chi connectivity index (χ0v) is 12.5. The molecule has 0 aromatic heterocycles. The van der Waals surface area contributed by atoms with Crippen LogP contribution in [0, 0.1) is 5.92 Å². The number of rotatable bonds is 5. The molecule has 1 heterocycles. The molecule has 0 amide bonds.